The van der Waals surface area contributed by atoms with Gasteiger partial charge >= 0.3 is 0 Å². The van der Waals surface area contributed by atoms with Crippen LogP contribution in [0.5, 0.6) is 0 Å². The fraction of sp³-hybridized carbons (Fsp3) is 0.238. The van der Waals surface area contributed by atoms with Gasteiger partial charge in [0, 0.05) is 41.7 Å². The van der Waals surface area contributed by atoms with Gasteiger partial charge in [0.1, 0.15) is 0 Å². The third kappa shape index (κ3) is 3.47. The highest BCUT2D eigenvalue weighted by atomic mass is 32.2. The van der Waals surface area contributed by atoms with Crippen molar-refractivity contribution in [3.8, 4) is 11.3 Å². The van der Waals surface area contributed by atoms with Crippen molar-refractivity contribution in [2.75, 3.05) is 10.5 Å². The number of aromatic nitrogens is 2. The van der Waals surface area contributed by atoms with Gasteiger partial charge in [-0.25, -0.2) is 13.4 Å². The van der Waals surface area contributed by atoms with E-state index in [1.807, 2.05) is 12.3 Å². The van der Waals surface area contributed by atoms with E-state index < -0.39 is 10.0 Å². The number of carbonyl (C=O) groups excluding carboxylic acids is 1. The summed E-state index contributed by atoms with van der Waals surface area (Å²) in [6.07, 6.45) is 4.10. The number of fused-ring (bicyclic) bond motifs is 2. The number of thioether (sulfide) groups is 1. The van der Waals surface area contributed by atoms with Gasteiger partial charge in [-0.05, 0) is 42.7 Å². The second kappa shape index (κ2) is 7.03. The van der Waals surface area contributed by atoms with Gasteiger partial charge in [-0.3, -0.25) is 9.52 Å². The van der Waals surface area contributed by atoms with Crippen LogP contribution in [0.3, 0.4) is 0 Å². The third-order valence-electron chi connectivity index (χ3n) is 5.26. The third-order valence-corrected chi connectivity index (χ3v) is 7.61. The quantitative estimate of drug-likeness (QED) is 0.684. The molecule has 2 heterocycles. The molecule has 0 bridgehead atoms. The Morgan fingerprint density at radius 3 is 2.86 bits per heavy atom. The highest BCUT2D eigenvalue weighted by Gasteiger charge is 2.22. The number of rotatable bonds is 4. The van der Waals surface area contributed by atoms with Gasteiger partial charge in [0.15, 0.2) is 10.9 Å². The molecule has 29 heavy (non-hydrogen) atoms. The van der Waals surface area contributed by atoms with Gasteiger partial charge in [-0.1, -0.05) is 30.0 Å². The number of hydrogen-bond donors (Lipinski definition) is 1. The molecule has 0 spiro atoms. The average Bonchev–Trinajstić information content (AvgIpc) is 3.30. The lowest BCUT2D eigenvalue weighted by Crippen LogP contribution is -2.16. The number of imidazole rings is 1. The lowest BCUT2D eigenvalue weighted by Gasteiger charge is -2.16. The van der Waals surface area contributed by atoms with Crippen LogP contribution in [0.25, 0.3) is 11.3 Å². The lowest BCUT2D eigenvalue weighted by molar-refractivity contribution is 0.0972. The molecule has 5 rings (SSSR count). The topological polar surface area (TPSA) is 81.1 Å². The van der Waals surface area contributed by atoms with Gasteiger partial charge in [-0.2, -0.15) is 0 Å². The zero-order chi connectivity index (χ0) is 20.0. The Morgan fingerprint density at radius 2 is 2.00 bits per heavy atom. The lowest BCUT2D eigenvalue weighted by atomic mass is 9.91. The van der Waals surface area contributed by atoms with E-state index in [4.69, 9.17) is 0 Å². The van der Waals surface area contributed by atoms with Crippen molar-refractivity contribution in [1.29, 1.82) is 0 Å². The number of nitrogens with one attached hydrogen (secondary N) is 1. The number of nitrogens with zero attached hydrogens (tertiary/aromatic N) is 2. The molecule has 148 valence electrons. The molecule has 8 heteroatoms. The zero-order valence-electron chi connectivity index (χ0n) is 15.6. The number of Topliss-reactive ketones (excluding diaryl/α,β-unsaturated/α-hetero) is 1. The van der Waals surface area contributed by atoms with Gasteiger partial charge in [0.25, 0.3) is 10.0 Å². The van der Waals surface area contributed by atoms with Crippen LogP contribution in [-0.4, -0.2) is 29.5 Å². The number of carbonyl (C=O) groups is 1. The Hall–Kier alpha value is -2.58. The molecular weight excluding hydrogens is 406 g/mol. The number of benzene rings is 2. The van der Waals surface area contributed by atoms with Crippen LogP contribution in [-0.2, 0) is 23.0 Å². The van der Waals surface area contributed by atoms with Crippen LogP contribution in [0.2, 0.25) is 0 Å². The summed E-state index contributed by atoms with van der Waals surface area (Å²) < 4.78 is 30.6. The molecule has 1 aliphatic carbocycles. The highest BCUT2D eigenvalue weighted by Crippen LogP contribution is 2.31. The summed E-state index contributed by atoms with van der Waals surface area (Å²) in [5.74, 6) is 1.04. The van der Waals surface area contributed by atoms with E-state index in [1.165, 1.54) is 6.07 Å². The van der Waals surface area contributed by atoms with E-state index in [0.717, 1.165) is 47.1 Å². The first-order valence-electron chi connectivity index (χ1n) is 9.49. The molecule has 0 saturated carbocycles. The summed E-state index contributed by atoms with van der Waals surface area (Å²) in [6.45, 7) is 0.941. The summed E-state index contributed by atoms with van der Waals surface area (Å²) >= 11 is 1.72. The molecule has 0 radical (unpaired) electrons. The van der Waals surface area contributed by atoms with Gasteiger partial charge < -0.3 is 4.57 Å². The summed E-state index contributed by atoms with van der Waals surface area (Å²) in [7, 11) is -3.80. The number of hydrogen-bond acceptors (Lipinski definition) is 5. The Labute approximate surface area is 173 Å². The normalized spacial score (nSPS) is 15.8. The molecule has 3 aromatic rings. The van der Waals surface area contributed by atoms with Crippen LogP contribution in [0.1, 0.15) is 28.8 Å². The Morgan fingerprint density at radius 1 is 1.10 bits per heavy atom. The Balaban J connectivity index is 1.43. The minimum Gasteiger partial charge on any atom is -0.325 e. The molecule has 1 N–H and O–H groups in total. The van der Waals surface area contributed by atoms with Gasteiger partial charge in [0.05, 0.1) is 10.6 Å². The maximum Gasteiger partial charge on any atom is 0.261 e. The van der Waals surface area contributed by atoms with Crippen molar-refractivity contribution < 1.29 is 13.2 Å². The summed E-state index contributed by atoms with van der Waals surface area (Å²) in [5.41, 5.74) is 3.60. The predicted octanol–water partition coefficient (Wildman–Crippen LogP) is 3.98. The minimum absolute atomic E-state index is 0.0102. The zero-order valence-corrected chi connectivity index (χ0v) is 17.2. The standard InChI is InChI=1S/C21H19N3O3S2/c25-20-6-2-3-14-7-8-17(12-18(14)20)29(26,27)23-16-5-1-4-15(11-16)19-13-24-9-10-28-21(24)22-19/h1,4-5,7-8,11-13,23H,2-3,6,9-10H2. The number of sulfonamides is 1. The minimum atomic E-state index is -3.80. The monoisotopic (exact) mass is 425 g/mol. The van der Waals surface area contributed by atoms with E-state index in [-0.39, 0.29) is 10.7 Å². The molecule has 2 aromatic carbocycles. The van der Waals surface area contributed by atoms with Crippen LogP contribution in [0.4, 0.5) is 5.69 Å². The first-order chi connectivity index (χ1) is 14.0. The van der Waals surface area contributed by atoms with E-state index in [9.17, 15) is 13.2 Å². The van der Waals surface area contributed by atoms with E-state index >= 15 is 0 Å². The Bertz CT molecular complexity index is 1210. The highest BCUT2D eigenvalue weighted by molar-refractivity contribution is 7.99. The van der Waals surface area contributed by atoms with Crippen LogP contribution >= 0.6 is 11.8 Å². The largest absolute Gasteiger partial charge is 0.325 e. The van der Waals surface area contributed by atoms with E-state index in [0.29, 0.717) is 17.7 Å². The average molecular weight is 426 g/mol. The van der Waals surface area contributed by atoms with E-state index in [1.54, 1.807) is 42.1 Å². The molecule has 0 unspecified atom stereocenters. The smallest absolute Gasteiger partial charge is 0.261 e. The molecule has 0 amide bonds. The fourth-order valence-electron chi connectivity index (χ4n) is 3.78. The van der Waals surface area contributed by atoms with Crippen molar-refractivity contribution >= 4 is 33.3 Å². The molecule has 2 aliphatic rings. The molecule has 1 aliphatic heterocycles. The van der Waals surface area contributed by atoms with Crippen molar-refractivity contribution in [1.82, 2.24) is 9.55 Å². The first kappa shape index (κ1) is 18.4. The fourth-order valence-corrected chi connectivity index (χ4v) is 5.80. The molecule has 0 atom stereocenters. The molecule has 0 fully saturated rings. The van der Waals surface area contributed by atoms with Crippen LogP contribution in [0, 0.1) is 0 Å². The number of anilines is 1. The number of ketones is 1. The van der Waals surface area contributed by atoms with Crippen molar-refractivity contribution in [3.63, 3.8) is 0 Å². The maximum atomic E-state index is 12.9. The Kier molecular flexibility index (Phi) is 4.48. The molecule has 1 aromatic heterocycles. The van der Waals surface area contributed by atoms with Crippen molar-refractivity contribution in [3.05, 3.63) is 59.8 Å². The molecule has 6 nitrogen and oxygen atoms in total. The van der Waals surface area contributed by atoms with E-state index in [2.05, 4.69) is 14.3 Å². The predicted molar refractivity (Wildman–Crippen MR) is 113 cm³/mol. The summed E-state index contributed by atoms with van der Waals surface area (Å²) in [4.78, 5) is 16.9. The maximum absolute atomic E-state index is 12.9. The summed E-state index contributed by atoms with van der Waals surface area (Å²) in [6, 6.07) is 12.0. The summed E-state index contributed by atoms with van der Waals surface area (Å²) in [5, 5.41) is 0.990. The van der Waals surface area contributed by atoms with Crippen molar-refractivity contribution in [2.45, 2.75) is 35.9 Å². The number of aryl methyl sites for hydroxylation is 2. The van der Waals surface area contributed by atoms with Crippen LogP contribution in [0.15, 0.2) is 58.7 Å². The SMILES string of the molecule is O=C1CCCc2ccc(S(=O)(=O)Nc3cccc(-c4cn5c(n4)SCC5)c3)cc21. The molecule has 0 saturated heterocycles. The van der Waals surface area contributed by atoms with Gasteiger partial charge in [-0.15, -0.1) is 0 Å². The second-order valence-electron chi connectivity index (χ2n) is 7.23. The van der Waals surface area contributed by atoms with Gasteiger partial charge in [0.2, 0.25) is 0 Å². The van der Waals surface area contributed by atoms with Crippen LogP contribution < -0.4 is 4.72 Å². The van der Waals surface area contributed by atoms with Crippen molar-refractivity contribution in [2.24, 2.45) is 0 Å². The molecular formula is C21H19N3O3S2. The first-order valence-corrected chi connectivity index (χ1v) is 12.0. The second-order valence-corrected chi connectivity index (χ2v) is 9.98.